The van der Waals surface area contributed by atoms with Crippen LogP contribution in [0, 0.1) is 5.92 Å². The molecule has 0 amide bonds. The number of hydrogen-bond donors (Lipinski definition) is 0. The smallest absolute Gasteiger partial charge is 0.119 e. The summed E-state index contributed by atoms with van der Waals surface area (Å²) in [5.74, 6) is 1.67. The van der Waals surface area contributed by atoms with Gasteiger partial charge in [-0.2, -0.15) is 0 Å². The van der Waals surface area contributed by atoms with Crippen LogP contribution in [0.2, 0.25) is 0 Å². The SMILES string of the molecule is CCCCCCCCc1ccc(-c2ccc(OCCC(C)CC)cc2)nc1. The standard InChI is InChI=1S/C25H37NO/c1-4-6-7-8-9-10-11-22-12-17-25(26-20-22)23-13-15-24(16-14-23)27-19-18-21(3)5-2/h12-17,20-21H,4-11,18-19H2,1-3H3. The number of aryl methyl sites for hydroxylation is 1. The van der Waals surface area contributed by atoms with Crippen molar-refractivity contribution in [1.29, 1.82) is 0 Å². The third kappa shape index (κ3) is 8.15. The average Bonchev–Trinajstić information content (AvgIpc) is 2.71. The van der Waals surface area contributed by atoms with Crippen LogP contribution in [0.4, 0.5) is 0 Å². The number of ether oxygens (including phenoxy) is 1. The molecule has 0 bridgehead atoms. The summed E-state index contributed by atoms with van der Waals surface area (Å²) in [6.07, 6.45) is 13.5. The fraction of sp³-hybridized carbons (Fsp3) is 0.560. The highest BCUT2D eigenvalue weighted by molar-refractivity contribution is 5.60. The predicted molar refractivity (Wildman–Crippen MR) is 116 cm³/mol. The maximum atomic E-state index is 5.85. The zero-order chi connectivity index (χ0) is 19.3. The molecule has 1 aromatic carbocycles. The maximum absolute atomic E-state index is 5.85. The largest absolute Gasteiger partial charge is 0.494 e. The molecule has 0 radical (unpaired) electrons. The van der Waals surface area contributed by atoms with E-state index < -0.39 is 0 Å². The van der Waals surface area contributed by atoms with E-state index in [0.29, 0.717) is 0 Å². The molecule has 0 spiro atoms. The van der Waals surface area contributed by atoms with Gasteiger partial charge in [-0.25, -0.2) is 0 Å². The second-order valence-electron chi connectivity index (χ2n) is 7.74. The first-order valence-electron chi connectivity index (χ1n) is 10.9. The van der Waals surface area contributed by atoms with E-state index in [2.05, 4.69) is 62.2 Å². The highest BCUT2D eigenvalue weighted by Crippen LogP contribution is 2.22. The topological polar surface area (TPSA) is 22.1 Å². The molecule has 2 heteroatoms. The van der Waals surface area contributed by atoms with Gasteiger partial charge in [0.05, 0.1) is 12.3 Å². The minimum Gasteiger partial charge on any atom is -0.494 e. The van der Waals surface area contributed by atoms with Gasteiger partial charge in [-0.1, -0.05) is 65.4 Å². The Balaban J connectivity index is 1.77. The molecule has 0 saturated carbocycles. The summed E-state index contributed by atoms with van der Waals surface area (Å²) in [5, 5.41) is 0. The molecule has 2 nitrogen and oxygen atoms in total. The number of nitrogens with zero attached hydrogens (tertiary/aromatic N) is 1. The first kappa shape index (κ1) is 21.5. The van der Waals surface area contributed by atoms with Gasteiger partial charge in [0.1, 0.15) is 5.75 Å². The van der Waals surface area contributed by atoms with Crippen LogP contribution in [-0.4, -0.2) is 11.6 Å². The second-order valence-corrected chi connectivity index (χ2v) is 7.74. The zero-order valence-corrected chi connectivity index (χ0v) is 17.5. The Morgan fingerprint density at radius 3 is 2.30 bits per heavy atom. The summed E-state index contributed by atoms with van der Waals surface area (Å²) >= 11 is 0. The highest BCUT2D eigenvalue weighted by atomic mass is 16.5. The van der Waals surface area contributed by atoms with Crippen LogP contribution in [0.5, 0.6) is 5.75 Å². The van der Waals surface area contributed by atoms with E-state index in [0.717, 1.165) is 42.4 Å². The van der Waals surface area contributed by atoms with E-state index in [-0.39, 0.29) is 0 Å². The van der Waals surface area contributed by atoms with E-state index in [1.165, 1.54) is 50.5 Å². The molecular formula is C25H37NO. The normalized spacial score (nSPS) is 12.1. The summed E-state index contributed by atoms with van der Waals surface area (Å²) in [4.78, 5) is 4.66. The Morgan fingerprint density at radius 2 is 1.63 bits per heavy atom. The minimum atomic E-state index is 0.725. The number of pyridine rings is 1. The second kappa shape index (κ2) is 12.5. The molecule has 0 aliphatic rings. The van der Waals surface area contributed by atoms with Crippen molar-refractivity contribution in [2.75, 3.05) is 6.61 Å². The lowest BCUT2D eigenvalue weighted by molar-refractivity contribution is 0.282. The lowest BCUT2D eigenvalue weighted by atomic mass is 10.0. The van der Waals surface area contributed by atoms with E-state index in [9.17, 15) is 0 Å². The molecule has 1 aromatic heterocycles. The van der Waals surface area contributed by atoms with Crippen molar-refractivity contribution in [3.05, 3.63) is 48.2 Å². The van der Waals surface area contributed by atoms with Crippen molar-refractivity contribution in [3.63, 3.8) is 0 Å². The maximum Gasteiger partial charge on any atom is 0.119 e. The number of benzene rings is 1. The first-order chi connectivity index (χ1) is 13.2. The summed E-state index contributed by atoms with van der Waals surface area (Å²) in [6.45, 7) is 7.56. The van der Waals surface area contributed by atoms with Crippen molar-refractivity contribution in [2.45, 2.75) is 78.6 Å². The van der Waals surface area contributed by atoms with Gasteiger partial charge in [0.15, 0.2) is 0 Å². The van der Waals surface area contributed by atoms with Crippen LogP contribution >= 0.6 is 0 Å². The van der Waals surface area contributed by atoms with Crippen LogP contribution in [0.15, 0.2) is 42.6 Å². The van der Waals surface area contributed by atoms with E-state index in [1.54, 1.807) is 0 Å². The third-order valence-electron chi connectivity index (χ3n) is 5.37. The first-order valence-corrected chi connectivity index (χ1v) is 10.9. The lowest BCUT2D eigenvalue weighted by Crippen LogP contribution is -2.03. The van der Waals surface area contributed by atoms with Gasteiger partial charge in [0, 0.05) is 11.8 Å². The Hall–Kier alpha value is -1.83. The number of hydrogen-bond acceptors (Lipinski definition) is 2. The Kier molecular flexibility index (Phi) is 9.97. The van der Waals surface area contributed by atoms with Gasteiger partial charge in [0.2, 0.25) is 0 Å². The van der Waals surface area contributed by atoms with Gasteiger partial charge < -0.3 is 4.74 Å². The summed E-state index contributed by atoms with van der Waals surface area (Å²) in [7, 11) is 0. The van der Waals surface area contributed by atoms with Crippen molar-refractivity contribution in [1.82, 2.24) is 4.98 Å². The quantitative estimate of drug-likeness (QED) is 0.343. The number of aromatic nitrogens is 1. The number of unbranched alkanes of at least 4 members (excludes halogenated alkanes) is 5. The molecule has 1 atom stereocenters. The van der Waals surface area contributed by atoms with Gasteiger partial charge in [-0.05, 0) is 61.1 Å². The molecule has 27 heavy (non-hydrogen) atoms. The average molecular weight is 368 g/mol. The molecule has 148 valence electrons. The van der Waals surface area contributed by atoms with E-state index >= 15 is 0 Å². The molecule has 2 aromatic rings. The van der Waals surface area contributed by atoms with Crippen molar-refractivity contribution < 1.29 is 4.74 Å². The molecule has 1 heterocycles. The molecule has 0 aliphatic carbocycles. The number of rotatable bonds is 13. The van der Waals surface area contributed by atoms with Crippen LogP contribution in [-0.2, 0) is 6.42 Å². The molecule has 2 rings (SSSR count). The molecule has 0 N–H and O–H groups in total. The third-order valence-corrected chi connectivity index (χ3v) is 5.37. The summed E-state index contributed by atoms with van der Waals surface area (Å²) in [6, 6.07) is 12.7. The van der Waals surface area contributed by atoms with Gasteiger partial charge >= 0.3 is 0 Å². The van der Waals surface area contributed by atoms with Crippen LogP contribution in [0.25, 0.3) is 11.3 Å². The lowest BCUT2D eigenvalue weighted by Gasteiger charge is -2.10. The highest BCUT2D eigenvalue weighted by Gasteiger charge is 2.03. The Labute approximate surface area is 166 Å². The van der Waals surface area contributed by atoms with E-state index in [4.69, 9.17) is 4.74 Å². The molecule has 0 aliphatic heterocycles. The Bertz CT molecular complexity index is 618. The Morgan fingerprint density at radius 1 is 0.889 bits per heavy atom. The fourth-order valence-corrected chi connectivity index (χ4v) is 3.16. The molecule has 0 saturated heterocycles. The summed E-state index contributed by atoms with van der Waals surface area (Å²) < 4.78 is 5.85. The van der Waals surface area contributed by atoms with Crippen LogP contribution < -0.4 is 4.74 Å². The van der Waals surface area contributed by atoms with Crippen molar-refractivity contribution in [2.24, 2.45) is 5.92 Å². The van der Waals surface area contributed by atoms with Gasteiger partial charge in [-0.3, -0.25) is 4.98 Å². The summed E-state index contributed by atoms with van der Waals surface area (Å²) in [5.41, 5.74) is 3.53. The molecular weight excluding hydrogens is 330 g/mol. The van der Waals surface area contributed by atoms with E-state index in [1.807, 2.05) is 6.20 Å². The van der Waals surface area contributed by atoms with Crippen molar-refractivity contribution >= 4 is 0 Å². The van der Waals surface area contributed by atoms with Gasteiger partial charge in [0.25, 0.3) is 0 Å². The van der Waals surface area contributed by atoms with Crippen LogP contribution in [0.3, 0.4) is 0 Å². The van der Waals surface area contributed by atoms with Crippen LogP contribution in [0.1, 0.15) is 77.7 Å². The predicted octanol–water partition coefficient (Wildman–Crippen LogP) is 7.47. The van der Waals surface area contributed by atoms with Crippen molar-refractivity contribution in [3.8, 4) is 17.0 Å². The van der Waals surface area contributed by atoms with Gasteiger partial charge in [-0.15, -0.1) is 0 Å². The zero-order valence-electron chi connectivity index (χ0n) is 17.5. The molecule has 1 unspecified atom stereocenters. The molecule has 0 fully saturated rings. The monoisotopic (exact) mass is 367 g/mol. The minimum absolute atomic E-state index is 0.725. The fourth-order valence-electron chi connectivity index (χ4n) is 3.16.